The average molecular weight is 224 g/mol. The quantitative estimate of drug-likeness (QED) is 0.787. The maximum Gasteiger partial charge on any atom is 0.226 e. The van der Waals surface area contributed by atoms with Gasteiger partial charge in [0.1, 0.15) is 6.26 Å². The molecule has 1 aromatic rings. The van der Waals surface area contributed by atoms with E-state index in [9.17, 15) is 9.90 Å². The van der Waals surface area contributed by atoms with E-state index in [-0.39, 0.29) is 12.3 Å². The van der Waals surface area contributed by atoms with Crippen LogP contribution in [0.15, 0.2) is 16.9 Å². The van der Waals surface area contributed by atoms with Crippen molar-refractivity contribution in [1.29, 1.82) is 0 Å². The first-order chi connectivity index (χ1) is 7.68. The number of nitrogens with one attached hydrogen (secondary N) is 1. The minimum absolute atomic E-state index is 0.130. The number of rotatable bonds is 4. The van der Waals surface area contributed by atoms with Crippen LogP contribution in [0.5, 0.6) is 0 Å². The zero-order chi connectivity index (χ0) is 11.4. The molecule has 0 aliphatic heterocycles. The Morgan fingerprint density at radius 1 is 1.56 bits per heavy atom. The molecule has 0 bridgehead atoms. The molecule has 1 aromatic heterocycles. The van der Waals surface area contributed by atoms with Crippen molar-refractivity contribution in [3.8, 4) is 0 Å². The highest BCUT2D eigenvalue weighted by atomic mass is 16.5. The van der Waals surface area contributed by atoms with Crippen molar-refractivity contribution < 1.29 is 14.4 Å². The lowest BCUT2D eigenvalue weighted by atomic mass is 10.0. The molecule has 2 rings (SSSR count). The molecule has 0 unspecified atom stereocenters. The first kappa shape index (κ1) is 11.1. The van der Waals surface area contributed by atoms with Crippen molar-refractivity contribution in [2.75, 3.05) is 6.54 Å². The van der Waals surface area contributed by atoms with Gasteiger partial charge in [0.15, 0.2) is 0 Å². The molecule has 88 valence electrons. The second kappa shape index (κ2) is 4.65. The number of nitrogens with zero attached hydrogens (tertiary/aromatic N) is 1. The largest absolute Gasteiger partial charge is 0.388 e. The summed E-state index contributed by atoms with van der Waals surface area (Å²) < 4.78 is 4.63. The zero-order valence-corrected chi connectivity index (χ0v) is 9.11. The molecule has 5 heteroatoms. The van der Waals surface area contributed by atoms with E-state index >= 15 is 0 Å². The fourth-order valence-electron chi connectivity index (χ4n) is 2.03. The Kier molecular flexibility index (Phi) is 3.24. The van der Waals surface area contributed by atoms with Crippen molar-refractivity contribution in [2.45, 2.75) is 37.7 Å². The monoisotopic (exact) mass is 224 g/mol. The number of aliphatic hydroxyl groups is 1. The minimum atomic E-state index is -0.695. The van der Waals surface area contributed by atoms with E-state index in [1.807, 2.05) is 0 Å². The highest BCUT2D eigenvalue weighted by Crippen LogP contribution is 2.28. The molecule has 2 N–H and O–H groups in total. The Morgan fingerprint density at radius 2 is 2.31 bits per heavy atom. The summed E-state index contributed by atoms with van der Waals surface area (Å²) in [5.74, 6) is -0.130. The molecule has 16 heavy (non-hydrogen) atoms. The Balaban J connectivity index is 1.75. The van der Waals surface area contributed by atoms with Gasteiger partial charge in [0.05, 0.1) is 17.7 Å². The normalized spacial score (nSPS) is 18.6. The van der Waals surface area contributed by atoms with Crippen molar-refractivity contribution in [2.24, 2.45) is 0 Å². The number of carbonyl (C=O) groups excluding carboxylic acids is 1. The van der Waals surface area contributed by atoms with Crippen LogP contribution in [0.1, 0.15) is 31.4 Å². The van der Waals surface area contributed by atoms with E-state index in [4.69, 9.17) is 0 Å². The highest BCUT2D eigenvalue weighted by Gasteiger charge is 2.31. The van der Waals surface area contributed by atoms with Gasteiger partial charge in [-0.05, 0) is 12.8 Å². The van der Waals surface area contributed by atoms with E-state index in [1.54, 1.807) is 6.07 Å². The van der Waals surface area contributed by atoms with Gasteiger partial charge in [0, 0.05) is 12.6 Å². The van der Waals surface area contributed by atoms with Crippen LogP contribution < -0.4 is 5.32 Å². The topological polar surface area (TPSA) is 75.4 Å². The molecule has 1 heterocycles. The van der Waals surface area contributed by atoms with Gasteiger partial charge < -0.3 is 14.9 Å². The van der Waals surface area contributed by atoms with Crippen LogP contribution in [0.3, 0.4) is 0 Å². The molecule has 1 aliphatic rings. The summed E-state index contributed by atoms with van der Waals surface area (Å²) in [6.45, 7) is 0.337. The van der Waals surface area contributed by atoms with Crippen molar-refractivity contribution in [3.05, 3.63) is 18.0 Å². The molecular weight excluding hydrogens is 208 g/mol. The first-order valence-corrected chi connectivity index (χ1v) is 5.56. The third-order valence-electron chi connectivity index (χ3n) is 2.98. The van der Waals surface area contributed by atoms with E-state index in [0.29, 0.717) is 12.2 Å². The average Bonchev–Trinajstić information content (AvgIpc) is 2.88. The minimum Gasteiger partial charge on any atom is -0.388 e. The smallest absolute Gasteiger partial charge is 0.226 e. The van der Waals surface area contributed by atoms with Gasteiger partial charge in [-0.1, -0.05) is 18.0 Å². The molecule has 0 radical (unpaired) electrons. The Labute approximate surface area is 93.8 Å². The van der Waals surface area contributed by atoms with Crippen LogP contribution in [0.2, 0.25) is 0 Å². The Bertz CT molecular complexity index is 342. The third-order valence-corrected chi connectivity index (χ3v) is 2.98. The Morgan fingerprint density at radius 3 is 2.94 bits per heavy atom. The number of hydrogen-bond donors (Lipinski definition) is 2. The maximum absolute atomic E-state index is 11.5. The lowest BCUT2D eigenvalue weighted by molar-refractivity contribution is -0.121. The lowest BCUT2D eigenvalue weighted by Gasteiger charge is -2.22. The van der Waals surface area contributed by atoms with E-state index in [2.05, 4.69) is 15.0 Å². The van der Waals surface area contributed by atoms with Crippen molar-refractivity contribution in [3.63, 3.8) is 0 Å². The summed E-state index contributed by atoms with van der Waals surface area (Å²) in [7, 11) is 0. The van der Waals surface area contributed by atoms with Crippen LogP contribution >= 0.6 is 0 Å². The van der Waals surface area contributed by atoms with Crippen LogP contribution in [-0.4, -0.2) is 28.3 Å². The van der Waals surface area contributed by atoms with E-state index in [0.717, 1.165) is 25.7 Å². The highest BCUT2D eigenvalue weighted by molar-refractivity contribution is 5.78. The maximum atomic E-state index is 11.5. The molecule has 0 aromatic carbocycles. The van der Waals surface area contributed by atoms with Gasteiger partial charge in [0.2, 0.25) is 5.91 Å². The second-order valence-electron chi connectivity index (χ2n) is 4.38. The van der Waals surface area contributed by atoms with Crippen LogP contribution in [-0.2, 0) is 11.2 Å². The fraction of sp³-hybridized carbons (Fsp3) is 0.636. The third kappa shape index (κ3) is 2.82. The molecule has 1 saturated carbocycles. The predicted molar refractivity (Wildman–Crippen MR) is 56.6 cm³/mol. The van der Waals surface area contributed by atoms with Crippen molar-refractivity contribution in [1.82, 2.24) is 10.5 Å². The molecule has 0 spiro atoms. The van der Waals surface area contributed by atoms with Crippen LogP contribution in [0.4, 0.5) is 0 Å². The first-order valence-electron chi connectivity index (χ1n) is 5.56. The SMILES string of the molecule is O=C(Cc1ccon1)NCC1(O)CCCC1. The number of carbonyl (C=O) groups is 1. The van der Waals surface area contributed by atoms with Gasteiger partial charge in [-0.2, -0.15) is 0 Å². The van der Waals surface area contributed by atoms with E-state index in [1.165, 1.54) is 6.26 Å². The summed E-state index contributed by atoms with van der Waals surface area (Å²) in [5.41, 5.74) is -0.0876. The summed E-state index contributed by atoms with van der Waals surface area (Å²) in [6.07, 6.45) is 5.26. The molecule has 0 atom stereocenters. The van der Waals surface area contributed by atoms with Crippen LogP contribution in [0, 0.1) is 0 Å². The van der Waals surface area contributed by atoms with Crippen molar-refractivity contribution >= 4 is 5.91 Å². The summed E-state index contributed by atoms with van der Waals surface area (Å²) in [5, 5.41) is 16.4. The molecule has 0 saturated heterocycles. The zero-order valence-electron chi connectivity index (χ0n) is 9.11. The molecule has 1 amide bonds. The van der Waals surface area contributed by atoms with Gasteiger partial charge in [-0.25, -0.2) is 0 Å². The lowest BCUT2D eigenvalue weighted by Crippen LogP contribution is -2.41. The van der Waals surface area contributed by atoms with Gasteiger partial charge in [0.25, 0.3) is 0 Å². The number of amides is 1. The molecule has 1 fully saturated rings. The summed E-state index contributed by atoms with van der Waals surface area (Å²) >= 11 is 0. The predicted octanol–water partition coefficient (Wildman–Crippen LogP) is 0.638. The number of hydrogen-bond acceptors (Lipinski definition) is 4. The second-order valence-corrected chi connectivity index (χ2v) is 4.38. The van der Waals surface area contributed by atoms with Gasteiger partial charge in [-0.15, -0.1) is 0 Å². The Hall–Kier alpha value is -1.36. The van der Waals surface area contributed by atoms with Gasteiger partial charge >= 0.3 is 0 Å². The molecule has 1 aliphatic carbocycles. The van der Waals surface area contributed by atoms with Gasteiger partial charge in [-0.3, -0.25) is 4.79 Å². The number of aromatic nitrogens is 1. The summed E-state index contributed by atoms with van der Waals surface area (Å²) in [6, 6.07) is 1.66. The summed E-state index contributed by atoms with van der Waals surface area (Å²) in [4.78, 5) is 11.5. The molecular formula is C11H16N2O3. The fourth-order valence-corrected chi connectivity index (χ4v) is 2.03. The van der Waals surface area contributed by atoms with Crippen LogP contribution in [0.25, 0.3) is 0 Å². The van der Waals surface area contributed by atoms with E-state index < -0.39 is 5.60 Å². The standard InChI is InChI=1S/C11H16N2O3/c14-10(7-9-3-6-16-13-9)12-8-11(15)4-1-2-5-11/h3,6,15H,1-2,4-5,7-8H2,(H,12,14). The molecule has 5 nitrogen and oxygen atoms in total.